The molecule has 0 spiro atoms. The number of ether oxygens (including phenoxy) is 2. The van der Waals surface area contributed by atoms with Gasteiger partial charge in [0.1, 0.15) is 10.8 Å². The van der Waals surface area contributed by atoms with E-state index in [-0.39, 0.29) is 12.2 Å². The molecular weight excluding hydrogens is 386 g/mol. The zero-order chi connectivity index (χ0) is 20.8. The van der Waals surface area contributed by atoms with E-state index >= 15 is 0 Å². The number of thiophene rings is 1. The lowest BCUT2D eigenvalue weighted by Crippen LogP contribution is -2.13. The van der Waals surface area contributed by atoms with Crippen molar-refractivity contribution in [3.63, 3.8) is 0 Å². The number of carbonyl (C=O) groups is 3. The normalized spacial score (nSPS) is 10.1. The van der Waals surface area contributed by atoms with Crippen LogP contribution in [0.25, 0.3) is 10.4 Å². The number of hydrogen-bond acceptors (Lipinski definition) is 7. The molecule has 0 fully saturated rings. The van der Waals surface area contributed by atoms with Crippen LogP contribution in [0, 0.1) is 6.92 Å². The molecule has 3 N–H and O–H groups in total. The fraction of sp³-hybridized carbons (Fsp3) is 0.211. The molecule has 0 radical (unpaired) electrons. The summed E-state index contributed by atoms with van der Waals surface area (Å²) in [6.07, 6.45) is 0.844. The van der Waals surface area contributed by atoms with Crippen molar-refractivity contribution in [1.29, 1.82) is 0 Å². The number of carboxylic acids is 2. The van der Waals surface area contributed by atoms with Gasteiger partial charge in [0.25, 0.3) is 0 Å². The second-order valence-corrected chi connectivity index (χ2v) is 6.54. The maximum Gasteiger partial charge on any atom is 0.344 e. The van der Waals surface area contributed by atoms with E-state index in [0.717, 1.165) is 16.6 Å². The van der Waals surface area contributed by atoms with Gasteiger partial charge in [-0.1, -0.05) is 0 Å². The number of carbonyl (C=O) groups excluding carboxylic acids is 1. The first-order valence-electron chi connectivity index (χ1n) is 8.18. The van der Waals surface area contributed by atoms with E-state index in [1.54, 1.807) is 33.1 Å². The predicted molar refractivity (Wildman–Crippen MR) is 104 cm³/mol. The van der Waals surface area contributed by atoms with Crippen molar-refractivity contribution in [1.82, 2.24) is 0 Å². The Balaban J connectivity index is 2.53. The summed E-state index contributed by atoms with van der Waals surface area (Å²) in [5.74, 6) is -3.10. The summed E-state index contributed by atoms with van der Waals surface area (Å²) in [6.45, 7) is 3.58. The number of aliphatic carboxylic acids is 2. The molecule has 2 aromatic rings. The Kier molecular flexibility index (Phi) is 6.78. The van der Waals surface area contributed by atoms with Crippen molar-refractivity contribution in [2.24, 2.45) is 0 Å². The van der Waals surface area contributed by atoms with Crippen LogP contribution in [-0.4, -0.2) is 41.8 Å². The molecule has 0 atom stereocenters. The largest absolute Gasteiger partial charge is 0.497 e. The molecule has 0 amide bonds. The summed E-state index contributed by atoms with van der Waals surface area (Å²) >= 11 is 1.19. The molecule has 9 heteroatoms. The number of esters is 1. The van der Waals surface area contributed by atoms with Crippen molar-refractivity contribution in [2.75, 3.05) is 19.0 Å². The van der Waals surface area contributed by atoms with E-state index in [1.807, 2.05) is 12.1 Å². The third-order valence-corrected chi connectivity index (χ3v) is 5.06. The van der Waals surface area contributed by atoms with Crippen LogP contribution >= 0.6 is 11.3 Å². The minimum absolute atomic E-state index is 0.163. The van der Waals surface area contributed by atoms with Crippen LogP contribution in [0.5, 0.6) is 5.75 Å². The molecule has 0 saturated carbocycles. The van der Waals surface area contributed by atoms with E-state index in [1.165, 1.54) is 11.3 Å². The molecule has 1 aromatic heterocycles. The highest BCUT2D eigenvalue weighted by molar-refractivity contribution is 7.20. The van der Waals surface area contributed by atoms with E-state index in [2.05, 4.69) is 5.32 Å². The monoisotopic (exact) mass is 405 g/mol. The molecule has 28 heavy (non-hydrogen) atoms. The van der Waals surface area contributed by atoms with Crippen molar-refractivity contribution in [2.45, 2.75) is 13.8 Å². The number of methoxy groups -OCH3 is 1. The summed E-state index contributed by atoms with van der Waals surface area (Å²) in [5, 5.41) is 20.9. The van der Waals surface area contributed by atoms with Gasteiger partial charge in [-0.05, 0) is 49.2 Å². The van der Waals surface area contributed by atoms with Gasteiger partial charge < -0.3 is 25.0 Å². The predicted octanol–water partition coefficient (Wildman–Crippen LogP) is 3.37. The third kappa shape index (κ3) is 4.49. The SMILES string of the molecule is CCOC(=O)c1c(NC=C(C(=O)O)C(=O)O)sc(-c2ccc(OC)cc2)c1C. The maximum atomic E-state index is 12.4. The Labute approximate surface area is 165 Å². The lowest BCUT2D eigenvalue weighted by molar-refractivity contribution is -0.140. The summed E-state index contributed by atoms with van der Waals surface area (Å²) in [5.41, 5.74) is 0.829. The number of rotatable bonds is 8. The van der Waals surface area contributed by atoms with Gasteiger partial charge in [-0.25, -0.2) is 14.4 Å². The average molecular weight is 405 g/mol. The van der Waals surface area contributed by atoms with Crippen LogP contribution in [0.1, 0.15) is 22.8 Å². The third-order valence-electron chi connectivity index (χ3n) is 3.79. The van der Waals surface area contributed by atoms with Crippen LogP contribution in [0.4, 0.5) is 5.00 Å². The van der Waals surface area contributed by atoms with E-state index in [0.29, 0.717) is 16.3 Å². The lowest BCUT2D eigenvalue weighted by Gasteiger charge is -2.06. The first-order valence-corrected chi connectivity index (χ1v) is 9.00. The fourth-order valence-corrected chi connectivity index (χ4v) is 3.60. The maximum absolute atomic E-state index is 12.4. The topological polar surface area (TPSA) is 122 Å². The number of anilines is 1. The van der Waals surface area contributed by atoms with Crippen LogP contribution < -0.4 is 10.1 Å². The summed E-state index contributed by atoms with van der Waals surface area (Å²) < 4.78 is 10.2. The highest BCUT2D eigenvalue weighted by Crippen LogP contribution is 2.40. The van der Waals surface area contributed by atoms with E-state index < -0.39 is 23.5 Å². The van der Waals surface area contributed by atoms with Crippen LogP contribution in [0.2, 0.25) is 0 Å². The minimum atomic E-state index is -1.60. The van der Waals surface area contributed by atoms with Gasteiger partial charge in [-0.15, -0.1) is 11.3 Å². The highest BCUT2D eigenvalue weighted by Gasteiger charge is 2.24. The lowest BCUT2D eigenvalue weighted by atomic mass is 10.1. The molecule has 2 rings (SSSR count). The van der Waals surface area contributed by atoms with E-state index in [4.69, 9.17) is 19.7 Å². The van der Waals surface area contributed by atoms with E-state index in [9.17, 15) is 14.4 Å². The molecule has 0 saturated heterocycles. The number of hydrogen-bond donors (Lipinski definition) is 3. The van der Waals surface area contributed by atoms with Crippen LogP contribution in [0.3, 0.4) is 0 Å². The summed E-state index contributed by atoms with van der Waals surface area (Å²) in [7, 11) is 1.56. The quantitative estimate of drug-likeness (QED) is 0.264. The van der Waals surface area contributed by atoms with Gasteiger partial charge in [0.05, 0.1) is 19.3 Å². The van der Waals surface area contributed by atoms with Crippen molar-refractivity contribution in [3.8, 4) is 16.2 Å². The Hall–Kier alpha value is -3.33. The van der Waals surface area contributed by atoms with Gasteiger partial charge in [0.15, 0.2) is 5.57 Å². The van der Waals surface area contributed by atoms with Gasteiger partial charge in [0.2, 0.25) is 0 Å². The molecule has 1 heterocycles. The molecular formula is C19H19NO7S. The van der Waals surface area contributed by atoms with Crippen molar-refractivity contribution < 1.29 is 34.1 Å². The van der Waals surface area contributed by atoms with Crippen molar-refractivity contribution in [3.05, 3.63) is 47.2 Å². The Morgan fingerprint density at radius 3 is 2.25 bits per heavy atom. The Morgan fingerprint density at radius 1 is 1.14 bits per heavy atom. The number of nitrogens with one attached hydrogen (secondary N) is 1. The number of benzene rings is 1. The fourth-order valence-electron chi connectivity index (χ4n) is 2.43. The molecule has 148 valence electrons. The molecule has 0 bridgehead atoms. The molecule has 1 aromatic carbocycles. The molecule has 0 aliphatic rings. The van der Waals surface area contributed by atoms with Gasteiger partial charge >= 0.3 is 17.9 Å². The zero-order valence-corrected chi connectivity index (χ0v) is 16.3. The van der Waals surface area contributed by atoms with Crippen LogP contribution in [0.15, 0.2) is 36.0 Å². The average Bonchev–Trinajstić information content (AvgIpc) is 2.98. The van der Waals surface area contributed by atoms with Crippen molar-refractivity contribution >= 4 is 34.2 Å². The first-order chi connectivity index (χ1) is 13.3. The van der Waals surface area contributed by atoms with Gasteiger partial charge in [0, 0.05) is 11.1 Å². The smallest absolute Gasteiger partial charge is 0.344 e. The van der Waals surface area contributed by atoms with Gasteiger partial charge in [-0.2, -0.15) is 0 Å². The molecule has 8 nitrogen and oxygen atoms in total. The molecule has 0 unspecified atom stereocenters. The van der Waals surface area contributed by atoms with Gasteiger partial charge in [-0.3, -0.25) is 0 Å². The molecule has 0 aliphatic heterocycles. The second-order valence-electron chi connectivity index (χ2n) is 5.52. The summed E-state index contributed by atoms with van der Waals surface area (Å²) in [6, 6.07) is 7.20. The summed E-state index contributed by atoms with van der Waals surface area (Å²) in [4.78, 5) is 35.3. The first kappa shape index (κ1) is 21.0. The molecule has 0 aliphatic carbocycles. The second kappa shape index (κ2) is 9.05. The standard InChI is InChI=1S/C19H19NO7S/c1-4-27-19(25)14-10(2)15(11-5-7-12(26-3)8-6-11)28-16(14)20-9-13(17(21)22)18(23)24/h5-9,20H,4H2,1-3H3,(H,21,22)(H,23,24). The number of carboxylic acid groups (broad SMARTS) is 2. The highest BCUT2D eigenvalue weighted by atomic mass is 32.1. The van der Waals surface area contributed by atoms with Crippen LogP contribution in [-0.2, 0) is 14.3 Å². The Bertz CT molecular complexity index is 913. The zero-order valence-electron chi connectivity index (χ0n) is 15.4. The Morgan fingerprint density at radius 2 is 1.75 bits per heavy atom. The minimum Gasteiger partial charge on any atom is -0.497 e.